The number of rotatable bonds is 6. The highest BCUT2D eigenvalue weighted by Crippen LogP contribution is 2.33. The van der Waals surface area contributed by atoms with Crippen LogP contribution < -0.4 is 10.6 Å². The van der Waals surface area contributed by atoms with E-state index in [-0.39, 0.29) is 4.88 Å². The molecule has 29 heavy (non-hydrogen) atoms. The predicted octanol–water partition coefficient (Wildman–Crippen LogP) is 3.53. The SMILES string of the molecule is CCCNC(=O)NC(=O)COC(=O)c1sc(-c2ccc(C(F)(F)F)cc2)nc1C. The number of carbonyl (C=O) groups excluding carboxylic acids is 3. The van der Waals surface area contributed by atoms with Crippen LogP contribution in [0.1, 0.15) is 34.3 Å². The Labute approximate surface area is 168 Å². The van der Waals surface area contributed by atoms with Crippen molar-refractivity contribution in [2.75, 3.05) is 13.2 Å². The number of urea groups is 1. The van der Waals surface area contributed by atoms with Crippen LogP contribution in [0.25, 0.3) is 10.6 Å². The number of amides is 3. The number of benzene rings is 1. The van der Waals surface area contributed by atoms with Crippen molar-refractivity contribution in [2.24, 2.45) is 0 Å². The lowest BCUT2D eigenvalue weighted by molar-refractivity contribution is -0.137. The topological polar surface area (TPSA) is 97.4 Å². The minimum atomic E-state index is -4.44. The first-order valence-electron chi connectivity index (χ1n) is 8.51. The number of aromatic nitrogens is 1. The Hall–Kier alpha value is -2.95. The molecule has 0 unspecified atom stereocenters. The van der Waals surface area contributed by atoms with Gasteiger partial charge in [-0.2, -0.15) is 13.2 Å². The van der Waals surface area contributed by atoms with Crippen molar-refractivity contribution in [3.63, 3.8) is 0 Å². The van der Waals surface area contributed by atoms with Crippen LogP contribution in [0.15, 0.2) is 24.3 Å². The standard InChI is InChI=1S/C18H18F3N3O4S/c1-3-8-22-17(27)24-13(25)9-28-16(26)14-10(2)23-15(29-14)11-4-6-12(7-5-11)18(19,20)21/h4-7H,3,8-9H2,1-2H3,(H2,22,24,25,27). The zero-order chi connectivity index (χ0) is 21.6. The summed E-state index contributed by atoms with van der Waals surface area (Å²) in [7, 11) is 0. The van der Waals surface area contributed by atoms with Gasteiger partial charge in [0.05, 0.1) is 11.3 Å². The first-order chi connectivity index (χ1) is 13.6. The summed E-state index contributed by atoms with van der Waals surface area (Å²) in [6.07, 6.45) is -3.75. The lowest BCUT2D eigenvalue weighted by atomic mass is 10.1. The van der Waals surface area contributed by atoms with Crippen LogP contribution in [-0.2, 0) is 15.7 Å². The van der Waals surface area contributed by atoms with Crippen LogP contribution in [0.4, 0.5) is 18.0 Å². The average molecular weight is 429 g/mol. The van der Waals surface area contributed by atoms with E-state index in [4.69, 9.17) is 4.74 Å². The van der Waals surface area contributed by atoms with Crippen LogP contribution in [0.5, 0.6) is 0 Å². The number of ether oxygens (including phenoxy) is 1. The molecule has 0 bridgehead atoms. The van der Waals surface area contributed by atoms with Gasteiger partial charge in [-0.25, -0.2) is 14.6 Å². The van der Waals surface area contributed by atoms with E-state index in [2.05, 4.69) is 10.3 Å². The van der Waals surface area contributed by atoms with Gasteiger partial charge in [-0.3, -0.25) is 10.1 Å². The fourth-order valence-electron chi connectivity index (χ4n) is 2.15. The summed E-state index contributed by atoms with van der Waals surface area (Å²) < 4.78 is 42.8. The van der Waals surface area contributed by atoms with Crippen LogP contribution in [0, 0.1) is 6.92 Å². The summed E-state index contributed by atoms with van der Waals surface area (Å²) in [4.78, 5) is 39.5. The van der Waals surface area contributed by atoms with Gasteiger partial charge >= 0.3 is 18.2 Å². The maximum atomic E-state index is 12.7. The van der Waals surface area contributed by atoms with Crippen molar-refractivity contribution < 1.29 is 32.3 Å². The number of hydrogen-bond donors (Lipinski definition) is 2. The normalized spacial score (nSPS) is 11.1. The molecule has 156 valence electrons. The van der Waals surface area contributed by atoms with Gasteiger partial charge in [0.2, 0.25) is 0 Å². The molecule has 0 aliphatic rings. The number of carbonyl (C=O) groups is 3. The lowest BCUT2D eigenvalue weighted by Crippen LogP contribution is -2.41. The first kappa shape index (κ1) is 22.3. The van der Waals surface area contributed by atoms with E-state index < -0.39 is 36.3 Å². The zero-order valence-electron chi connectivity index (χ0n) is 15.6. The molecular formula is C18H18F3N3O4S. The highest BCUT2D eigenvalue weighted by molar-refractivity contribution is 7.17. The zero-order valence-corrected chi connectivity index (χ0v) is 16.4. The molecule has 0 saturated carbocycles. The highest BCUT2D eigenvalue weighted by Gasteiger charge is 2.30. The molecule has 0 aliphatic carbocycles. The molecule has 0 atom stereocenters. The number of thiazole rings is 1. The summed E-state index contributed by atoms with van der Waals surface area (Å²) >= 11 is 0.933. The Balaban J connectivity index is 2.00. The highest BCUT2D eigenvalue weighted by atomic mass is 32.1. The summed E-state index contributed by atoms with van der Waals surface area (Å²) in [5.41, 5.74) is -0.0605. The molecule has 2 aromatic rings. The van der Waals surface area contributed by atoms with E-state index in [0.717, 1.165) is 23.5 Å². The largest absolute Gasteiger partial charge is 0.451 e. The number of nitrogens with zero attached hydrogens (tertiary/aromatic N) is 1. The number of esters is 1. The van der Waals surface area contributed by atoms with Gasteiger partial charge < -0.3 is 10.1 Å². The van der Waals surface area contributed by atoms with Gasteiger partial charge in [-0.05, 0) is 25.5 Å². The minimum Gasteiger partial charge on any atom is -0.451 e. The van der Waals surface area contributed by atoms with Crippen LogP contribution in [-0.4, -0.2) is 36.0 Å². The number of halogens is 3. The van der Waals surface area contributed by atoms with Gasteiger partial charge in [-0.15, -0.1) is 11.3 Å². The number of nitrogens with one attached hydrogen (secondary N) is 2. The third-order valence-corrected chi connectivity index (χ3v) is 4.75. The Kier molecular flexibility index (Phi) is 7.32. The van der Waals surface area contributed by atoms with Crippen LogP contribution in [0.3, 0.4) is 0 Å². The molecule has 0 saturated heterocycles. The van der Waals surface area contributed by atoms with Crippen molar-refractivity contribution in [3.05, 3.63) is 40.4 Å². The third kappa shape index (κ3) is 6.28. The lowest BCUT2D eigenvalue weighted by Gasteiger charge is -2.06. The van der Waals surface area contributed by atoms with Crippen molar-refractivity contribution in [3.8, 4) is 10.6 Å². The quantitative estimate of drug-likeness (QED) is 0.685. The molecule has 2 N–H and O–H groups in total. The maximum absolute atomic E-state index is 12.7. The monoisotopic (exact) mass is 429 g/mol. The second-order valence-corrected chi connectivity index (χ2v) is 6.89. The molecule has 7 nitrogen and oxygen atoms in total. The Morgan fingerprint density at radius 3 is 2.41 bits per heavy atom. The Bertz CT molecular complexity index is 895. The van der Waals surface area contributed by atoms with Crippen molar-refractivity contribution in [1.29, 1.82) is 0 Å². The van der Waals surface area contributed by atoms with E-state index in [1.54, 1.807) is 6.92 Å². The number of imide groups is 1. The van der Waals surface area contributed by atoms with Gasteiger partial charge in [0.15, 0.2) is 6.61 Å². The molecule has 3 amide bonds. The summed E-state index contributed by atoms with van der Waals surface area (Å²) in [5.74, 6) is -1.61. The molecule has 0 spiro atoms. The van der Waals surface area contributed by atoms with Gasteiger partial charge in [0, 0.05) is 12.1 Å². The van der Waals surface area contributed by atoms with Crippen LogP contribution >= 0.6 is 11.3 Å². The van der Waals surface area contributed by atoms with E-state index in [0.29, 0.717) is 29.2 Å². The fraction of sp³-hybridized carbons (Fsp3) is 0.333. The average Bonchev–Trinajstić information content (AvgIpc) is 3.05. The smallest absolute Gasteiger partial charge is 0.416 e. The molecule has 0 radical (unpaired) electrons. The summed E-state index contributed by atoms with van der Waals surface area (Å²) in [6, 6.07) is 3.69. The number of hydrogen-bond acceptors (Lipinski definition) is 6. The predicted molar refractivity (Wildman–Crippen MR) is 99.4 cm³/mol. The van der Waals surface area contributed by atoms with E-state index in [9.17, 15) is 27.6 Å². The molecule has 2 rings (SSSR count). The van der Waals surface area contributed by atoms with Crippen molar-refractivity contribution in [2.45, 2.75) is 26.4 Å². The molecule has 0 fully saturated rings. The van der Waals surface area contributed by atoms with Crippen molar-refractivity contribution >= 4 is 29.2 Å². The second-order valence-electron chi connectivity index (χ2n) is 5.89. The Morgan fingerprint density at radius 2 is 1.83 bits per heavy atom. The number of alkyl halides is 3. The minimum absolute atomic E-state index is 0.114. The maximum Gasteiger partial charge on any atom is 0.416 e. The molecule has 0 aliphatic heterocycles. The third-order valence-electron chi connectivity index (χ3n) is 3.56. The van der Waals surface area contributed by atoms with E-state index >= 15 is 0 Å². The summed E-state index contributed by atoms with van der Waals surface area (Å²) in [6.45, 7) is 3.12. The summed E-state index contributed by atoms with van der Waals surface area (Å²) in [5, 5.41) is 4.79. The first-order valence-corrected chi connectivity index (χ1v) is 9.33. The molecule has 1 aromatic heterocycles. The number of aryl methyl sites for hydroxylation is 1. The van der Waals surface area contributed by atoms with Crippen molar-refractivity contribution in [1.82, 2.24) is 15.6 Å². The van der Waals surface area contributed by atoms with Crippen LogP contribution in [0.2, 0.25) is 0 Å². The van der Waals surface area contributed by atoms with Gasteiger partial charge in [0.25, 0.3) is 5.91 Å². The van der Waals surface area contributed by atoms with Gasteiger partial charge in [-0.1, -0.05) is 19.1 Å². The molecule has 11 heteroatoms. The van der Waals surface area contributed by atoms with E-state index in [1.807, 2.05) is 12.2 Å². The van der Waals surface area contributed by atoms with Gasteiger partial charge in [0.1, 0.15) is 9.88 Å². The van der Waals surface area contributed by atoms with E-state index in [1.165, 1.54) is 12.1 Å². The molecular weight excluding hydrogens is 411 g/mol. The fourth-order valence-corrected chi connectivity index (χ4v) is 3.12. The Morgan fingerprint density at radius 1 is 1.17 bits per heavy atom. The molecule has 1 aromatic carbocycles. The molecule has 1 heterocycles. The second kappa shape index (κ2) is 9.50.